The fourth-order valence-electron chi connectivity index (χ4n) is 0.890. The average molecular weight is 146 g/mol. The van der Waals surface area contributed by atoms with Crippen molar-refractivity contribution in [2.75, 3.05) is 0 Å². The number of carbonyl (C=O) groups excluding carboxylic acids is 1. The number of phenolic OH excluding ortho intramolecular Hbond substituents is 1. The Labute approximate surface area is 66.3 Å². The van der Waals surface area contributed by atoms with Crippen molar-refractivity contribution in [2.24, 2.45) is 0 Å². The molecule has 2 nitrogen and oxygen atoms in total. The van der Waals surface area contributed by atoms with Gasteiger partial charge in [-0.1, -0.05) is 12.1 Å². The molecule has 0 amide bonds. The summed E-state index contributed by atoms with van der Waals surface area (Å²) >= 11 is 0. The number of aromatic hydroxyl groups is 1. The Balaban J connectivity index is 3.27. The van der Waals surface area contributed by atoms with E-state index in [4.69, 9.17) is 13.0 Å². The summed E-state index contributed by atoms with van der Waals surface area (Å²) in [5.41, 5.74) is 0.378. The topological polar surface area (TPSA) is 37.3 Å². The van der Waals surface area contributed by atoms with Gasteiger partial charge in [0, 0.05) is 11.1 Å². The predicted molar refractivity (Wildman–Crippen MR) is 42.9 cm³/mol. The summed E-state index contributed by atoms with van der Waals surface area (Å²) in [6, 6.07) is 4.68. The van der Waals surface area contributed by atoms with E-state index >= 15 is 0 Å². The van der Waals surface area contributed by atoms with Gasteiger partial charge in [-0.25, -0.2) is 0 Å². The van der Waals surface area contributed by atoms with Crippen LogP contribution in [0, 0.1) is 6.92 Å². The number of phenols is 1. The molecule has 0 saturated heterocycles. The number of rotatable bonds is 1. The third-order valence-electron chi connectivity index (χ3n) is 1.57. The van der Waals surface area contributed by atoms with Crippen LogP contribution in [0.15, 0.2) is 18.2 Å². The largest absolute Gasteiger partial charge is 0.508 e. The second kappa shape index (κ2) is 2.78. The van der Waals surface area contributed by atoms with Gasteiger partial charge in [0.1, 0.15) is 11.4 Å². The Bertz CT molecular complexity index is 294. The first-order valence-electron chi connectivity index (χ1n) is 3.21. The van der Waals surface area contributed by atoms with Gasteiger partial charge in [0.15, 0.2) is 7.85 Å². The number of carbonyl (C=O) groups is 1. The third-order valence-corrected chi connectivity index (χ3v) is 1.57. The van der Waals surface area contributed by atoms with Gasteiger partial charge in [0.25, 0.3) is 0 Å². The maximum atomic E-state index is 10.7. The van der Waals surface area contributed by atoms with Crippen molar-refractivity contribution in [3.63, 3.8) is 0 Å². The van der Waals surface area contributed by atoms with E-state index in [0.29, 0.717) is 11.1 Å². The van der Waals surface area contributed by atoms with E-state index in [9.17, 15) is 4.79 Å². The molecule has 0 heterocycles. The van der Waals surface area contributed by atoms with Gasteiger partial charge in [0.2, 0.25) is 0 Å². The summed E-state index contributed by atoms with van der Waals surface area (Å²) in [5.74, 6) is 0.0984. The van der Waals surface area contributed by atoms with Crippen LogP contribution in [0.5, 0.6) is 5.75 Å². The number of hydrogen-bond donors (Lipinski definition) is 1. The summed E-state index contributed by atoms with van der Waals surface area (Å²) < 4.78 is 0. The lowest BCUT2D eigenvalue weighted by atomic mass is 9.91. The minimum Gasteiger partial charge on any atom is -0.508 e. The van der Waals surface area contributed by atoms with Crippen molar-refractivity contribution < 1.29 is 9.90 Å². The SMILES string of the molecule is [B]C(=O)c1cccc(O)c1C. The smallest absolute Gasteiger partial charge is 0.175 e. The highest BCUT2D eigenvalue weighted by Gasteiger charge is 2.04. The van der Waals surface area contributed by atoms with Crippen molar-refractivity contribution in [1.29, 1.82) is 0 Å². The molecule has 0 aliphatic rings. The fraction of sp³-hybridized carbons (Fsp3) is 0.125. The number of benzene rings is 1. The molecule has 3 heteroatoms. The highest BCUT2D eigenvalue weighted by atomic mass is 16.3. The van der Waals surface area contributed by atoms with Crippen molar-refractivity contribution in [2.45, 2.75) is 6.92 Å². The van der Waals surface area contributed by atoms with Crippen LogP contribution in [0.1, 0.15) is 15.9 Å². The van der Waals surface area contributed by atoms with Crippen molar-refractivity contribution in [1.82, 2.24) is 0 Å². The van der Waals surface area contributed by atoms with Gasteiger partial charge in [0.05, 0.1) is 0 Å². The van der Waals surface area contributed by atoms with Crippen LogP contribution < -0.4 is 0 Å². The lowest BCUT2D eigenvalue weighted by Crippen LogP contribution is -1.99. The Morgan fingerprint density at radius 1 is 1.55 bits per heavy atom. The lowest BCUT2D eigenvalue weighted by Gasteiger charge is -2.02. The van der Waals surface area contributed by atoms with Crippen LogP contribution in [0.4, 0.5) is 0 Å². The Kier molecular flexibility index (Phi) is 1.99. The van der Waals surface area contributed by atoms with Gasteiger partial charge in [-0.2, -0.15) is 0 Å². The van der Waals surface area contributed by atoms with Gasteiger partial charge < -0.3 is 9.90 Å². The van der Waals surface area contributed by atoms with Crippen LogP contribution in [-0.4, -0.2) is 18.6 Å². The first kappa shape index (κ1) is 7.86. The van der Waals surface area contributed by atoms with Crippen LogP contribution in [0.25, 0.3) is 0 Å². The molecule has 11 heavy (non-hydrogen) atoms. The van der Waals surface area contributed by atoms with Gasteiger partial charge in [-0.05, 0) is 13.0 Å². The Hall–Kier alpha value is -1.25. The second-order valence-electron chi connectivity index (χ2n) is 2.31. The minimum absolute atomic E-state index is 0.0984. The van der Waals surface area contributed by atoms with E-state index < -0.39 is 5.68 Å². The van der Waals surface area contributed by atoms with E-state index in [0.717, 1.165) is 0 Å². The van der Waals surface area contributed by atoms with Crippen LogP contribution in [0.3, 0.4) is 0 Å². The standard InChI is InChI=1S/C8H7BO2/c1-5-6(8(9)11)3-2-4-7(5)10/h2-4,10H,1H3. The second-order valence-corrected chi connectivity index (χ2v) is 2.31. The summed E-state index contributed by atoms with van der Waals surface area (Å²) in [6.45, 7) is 1.65. The molecule has 0 atom stereocenters. The molecule has 1 aromatic rings. The quantitative estimate of drug-likeness (QED) is 0.600. The van der Waals surface area contributed by atoms with Gasteiger partial charge >= 0.3 is 0 Å². The highest BCUT2D eigenvalue weighted by Crippen LogP contribution is 2.18. The zero-order valence-electron chi connectivity index (χ0n) is 6.16. The number of hydrogen-bond acceptors (Lipinski definition) is 2. The summed E-state index contributed by atoms with van der Waals surface area (Å²) in [7, 11) is 5.03. The lowest BCUT2D eigenvalue weighted by molar-refractivity contribution is 0.107. The summed E-state index contributed by atoms with van der Waals surface area (Å²) in [5, 5.41) is 9.14. The molecule has 54 valence electrons. The molecule has 0 unspecified atom stereocenters. The van der Waals surface area contributed by atoms with Crippen molar-refractivity contribution in [3.8, 4) is 5.75 Å². The van der Waals surface area contributed by atoms with E-state index in [1.54, 1.807) is 19.1 Å². The molecular weight excluding hydrogens is 139 g/mol. The van der Waals surface area contributed by atoms with Gasteiger partial charge in [-0.15, -0.1) is 0 Å². The molecular formula is C8H7BO2. The first-order chi connectivity index (χ1) is 5.13. The van der Waals surface area contributed by atoms with Gasteiger partial charge in [-0.3, -0.25) is 0 Å². The van der Waals surface area contributed by atoms with E-state index in [1.807, 2.05) is 0 Å². The Morgan fingerprint density at radius 2 is 2.18 bits per heavy atom. The molecule has 1 aromatic carbocycles. The molecule has 0 bridgehead atoms. The third kappa shape index (κ3) is 1.42. The van der Waals surface area contributed by atoms with E-state index in [1.165, 1.54) is 6.07 Å². The predicted octanol–water partition coefficient (Wildman–Crippen LogP) is 1.01. The normalized spacial score (nSPS) is 9.55. The molecule has 2 radical (unpaired) electrons. The summed E-state index contributed by atoms with van der Waals surface area (Å²) in [6.07, 6.45) is 0. The van der Waals surface area contributed by atoms with Crippen LogP contribution in [-0.2, 0) is 0 Å². The molecule has 0 spiro atoms. The van der Waals surface area contributed by atoms with Crippen molar-refractivity contribution in [3.05, 3.63) is 29.3 Å². The average Bonchev–Trinajstić information content (AvgIpc) is 1.94. The van der Waals surface area contributed by atoms with Crippen LogP contribution >= 0.6 is 0 Å². The zero-order valence-corrected chi connectivity index (χ0v) is 6.16. The minimum atomic E-state index is -0.515. The fourth-order valence-corrected chi connectivity index (χ4v) is 0.890. The molecule has 1 rings (SSSR count). The molecule has 0 aliphatic heterocycles. The van der Waals surface area contributed by atoms with E-state index in [-0.39, 0.29) is 5.75 Å². The van der Waals surface area contributed by atoms with E-state index in [2.05, 4.69) is 0 Å². The molecule has 0 fully saturated rings. The highest BCUT2D eigenvalue weighted by molar-refractivity contribution is 6.62. The maximum Gasteiger partial charge on any atom is 0.175 e. The molecule has 1 N–H and O–H groups in total. The van der Waals surface area contributed by atoms with Crippen LogP contribution in [0.2, 0.25) is 0 Å². The summed E-state index contributed by atoms with van der Waals surface area (Å²) in [4.78, 5) is 10.7. The first-order valence-corrected chi connectivity index (χ1v) is 3.21. The monoisotopic (exact) mass is 146 g/mol. The molecule has 0 saturated carbocycles. The maximum absolute atomic E-state index is 10.7. The molecule has 0 aromatic heterocycles. The Morgan fingerprint density at radius 3 is 2.64 bits per heavy atom. The zero-order chi connectivity index (χ0) is 8.43. The molecule has 0 aliphatic carbocycles. The van der Waals surface area contributed by atoms with Crippen molar-refractivity contribution >= 4 is 13.5 Å².